The third-order valence-corrected chi connectivity index (χ3v) is 7.06. The minimum Gasteiger partial charge on any atom is -0.497 e. The van der Waals surface area contributed by atoms with Crippen LogP contribution in [0.5, 0.6) is 5.75 Å². The van der Waals surface area contributed by atoms with E-state index < -0.39 is 0 Å². The number of benzene rings is 2. The van der Waals surface area contributed by atoms with E-state index >= 15 is 0 Å². The summed E-state index contributed by atoms with van der Waals surface area (Å²) in [6, 6.07) is 14.4. The van der Waals surface area contributed by atoms with Crippen molar-refractivity contribution < 1.29 is 14.3 Å². The first-order chi connectivity index (χ1) is 16.7. The minimum atomic E-state index is 0.0520. The number of hydrogen-bond acceptors (Lipinski definition) is 5. The van der Waals surface area contributed by atoms with Crippen LogP contribution in [0.2, 0.25) is 0 Å². The molecule has 2 N–H and O–H groups in total. The van der Waals surface area contributed by atoms with Crippen LogP contribution in [0.4, 0.5) is 5.69 Å². The average molecular weight is 463 g/mol. The Balaban J connectivity index is 1.10. The summed E-state index contributed by atoms with van der Waals surface area (Å²) in [5, 5.41) is 4.31. The number of aromatic nitrogens is 1. The Morgan fingerprint density at radius 1 is 1.06 bits per heavy atom. The van der Waals surface area contributed by atoms with Gasteiger partial charge in [-0.2, -0.15) is 0 Å². The third-order valence-electron chi connectivity index (χ3n) is 7.06. The summed E-state index contributed by atoms with van der Waals surface area (Å²) in [6.07, 6.45) is 4.24. The second-order valence-corrected chi connectivity index (χ2v) is 9.34. The van der Waals surface area contributed by atoms with Crippen LogP contribution in [-0.4, -0.2) is 73.7 Å². The SMILES string of the molecule is COc1ccc2[nH]cc(C3CCN(CC(=O)Nc4ccc(CN5CCOCC5)cc4)CC3)c2c1. The molecule has 2 aliphatic heterocycles. The number of ether oxygens (including phenoxy) is 2. The number of carbonyl (C=O) groups is 1. The highest BCUT2D eigenvalue weighted by Gasteiger charge is 2.24. The molecule has 0 unspecified atom stereocenters. The smallest absolute Gasteiger partial charge is 0.238 e. The van der Waals surface area contributed by atoms with Crippen molar-refractivity contribution in [2.45, 2.75) is 25.3 Å². The largest absolute Gasteiger partial charge is 0.497 e. The number of likely N-dealkylation sites (tertiary alicyclic amines) is 1. The molecule has 5 rings (SSSR count). The molecule has 2 fully saturated rings. The van der Waals surface area contributed by atoms with Crippen LogP contribution in [0, 0.1) is 0 Å². The third kappa shape index (κ3) is 5.43. The van der Waals surface area contributed by atoms with E-state index in [-0.39, 0.29) is 5.91 Å². The highest BCUT2D eigenvalue weighted by Crippen LogP contribution is 2.34. The first-order valence-electron chi connectivity index (χ1n) is 12.2. The van der Waals surface area contributed by atoms with Gasteiger partial charge < -0.3 is 19.8 Å². The number of nitrogens with zero attached hydrogens (tertiary/aromatic N) is 2. The molecule has 1 amide bonds. The molecule has 3 aromatic rings. The van der Waals surface area contributed by atoms with Gasteiger partial charge in [-0.3, -0.25) is 14.6 Å². The summed E-state index contributed by atoms with van der Waals surface area (Å²) in [6.45, 7) is 6.78. The van der Waals surface area contributed by atoms with Crippen molar-refractivity contribution in [3.63, 3.8) is 0 Å². The molecule has 3 heterocycles. The molecule has 0 saturated carbocycles. The number of morpholine rings is 1. The van der Waals surface area contributed by atoms with Gasteiger partial charge in [0.25, 0.3) is 0 Å². The summed E-state index contributed by atoms with van der Waals surface area (Å²) >= 11 is 0. The van der Waals surface area contributed by atoms with E-state index in [1.807, 2.05) is 18.2 Å². The van der Waals surface area contributed by atoms with E-state index in [1.165, 1.54) is 16.5 Å². The number of hydrogen-bond donors (Lipinski definition) is 2. The normalized spacial score (nSPS) is 18.3. The number of amides is 1. The molecule has 7 nitrogen and oxygen atoms in total. The lowest BCUT2D eigenvalue weighted by atomic mass is 9.89. The number of fused-ring (bicyclic) bond motifs is 1. The predicted molar refractivity (Wildman–Crippen MR) is 134 cm³/mol. The van der Waals surface area contributed by atoms with Crippen molar-refractivity contribution >= 4 is 22.5 Å². The van der Waals surface area contributed by atoms with Crippen molar-refractivity contribution in [1.82, 2.24) is 14.8 Å². The van der Waals surface area contributed by atoms with E-state index in [2.05, 4.69) is 50.6 Å². The van der Waals surface area contributed by atoms with Crippen molar-refractivity contribution in [1.29, 1.82) is 0 Å². The Labute approximate surface area is 201 Å². The standard InChI is InChI=1S/C27H34N4O3/c1-33-23-6-7-26-24(16-23)25(17-28-26)21-8-10-30(11-9-21)19-27(32)29-22-4-2-20(3-5-22)18-31-12-14-34-15-13-31/h2-7,16-17,21,28H,8-15,18-19H2,1H3,(H,29,32). The lowest BCUT2D eigenvalue weighted by Gasteiger charge is -2.31. The molecule has 0 bridgehead atoms. The molecule has 1 aromatic heterocycles. The minimum absolute atomic E-state index is 0.0520. The van der Waals surface area contributed by atoms with Gasteiger partial charge in [0.05, 0.1) is 26.9 Å². The summed E-state index contributed by atoms with van der Waals surface area (Å²) in [4.78, 5) is 20.7. The number of aromatic amines is 1. The van der Waals surface area contributed by atoms with Crippen molar-refractivity contribution in [2.24, 2.45) is 0 Å². The topological polar surface area (TPSA) is 69.8 Å². The number of methoxy groups -OCH3 is 1. The second kappa shape index (κ2) is 10.6. The molecular formula is C27H34N4O3. The first kappa shape index (κ1) is 22.9. The molecule has 2 aromatic carbocycles. The van der Waals surface area contributed by atoms with Gasteiger partial charge in [0.15, 0.2) is 0 Å². The van der Waals surface area contributed by atoms with Gasteiger partial charge in [-0.05, 0) is 73.3 Å². The monoisotopic (exact) mass is 462 g/mol. The summed E-state index contributed by atoms with van der Waals surface area (Å²) in [5.74, 6) is 1.44. The van der Waals surface area contributed by atoms with E-state index in [0.29, 0.717) is 12.5 Å². The van der Waals surface area contributed by atoms with Gasteiger partial charge in [-0.15, -0.1) is 0 Å². The quantitative estimate of drug-likeness (QED) is 0.559. The zero-order valence-electron chi connectivity index (χ0n) is 19.9. The van der Waals surface area contributed by atoms with E-state index in [4.69, 9.17) is 9.47 Å². The summed E-state index contributed by atoms with van der Waals surface area (Å²) in [7, 11) is 1.71. The number of rotatable bonds is 7. The molecule has 0 atom stereocenters. The number of piperidine rings is 1. The fourth-order valence-electron chi connectivity index (χ4n) is 5.10. The van der Waals surface area contributed by atoms with Crippen LogP contribution >= 0.6 is 0 Å². The Morgan fingerprint density at radius 2 is 1.82 bits per heavy atom. The molecular weight excluding hydrogens is 428 g/mol. The van der Waals surface area contributed by atoms with Crippen LogP contribution in [-0.2, 0) is 16.1 Å². The Hall–Kier alpha value is -2.87. The van der Waals surface area contributed by atoms with Crippen molar-refractivity contribution in [2.75, 3.05) is 58.4 Å². The van der Waals surface area contributed by atoms with E-state index in [1.54, 1.807) is 7.11 Å². The molecule has 180 valence electrons. The Bertz CT molecular complexity index is 1100. The molecule has 0 aliphatic carbocycles. The number of nitrogens with one attached hydrogen (secondary N) is 2. The average Bonchev–Trinajstić information content (AvgIpc) is 3.29. The molecule has 0 radical (unpaired) electrons. The maximum atomic E-state index is 12.6. The summed E-state index contributed by atoms with van der Waals surface area (Å²) < 4.78 is 10.8. The Kier molecular flexibility index (Phi) is 7.13. The molecule has 0 spiro atoms. The van der Waals surface area contributed by atoms with Crippen LogP contribution < -0.4 is 10.1 Å². The predicted octanol–water partition coefficient (Wildman–Crippen LogP) is 3.83. The molecule has 2 saturated heterocycles. The van der Waals surface area contributed by atoms with Gasteiger partial charge in [-0.1, -0.05) is 12.1 Å². The van der Waals surface area contributed by atoms with Gasteiger partial charge in [-0.25, -0.2) is 0 Å². The number of carbonyl (C=O) groups excluding carboxylic acids is 1. The lowest BCUT2D eigenvalue weighted by molar-refractivity contribution is -0.117. The highest BCUT2D eigenvalue weighted by atomic mass is 16.5. The maximum Gasteiger partial charge on any atom is 0.238 e. The van der Waals surface area contributed by atoms with Gasteiger partial charge >= 0.3 is 0 Å². The van der Waals surface area contributed by atoms with E-state index in [9.17, 15) is 4.79 Å². The zero-order valence-corrected chi connectivity index (χ0v) is 19.9. The van der Waals surface area contributed by atoms with Crippen LogP contribution in [0.25, 0.3) is 10.9 Å². The molecule has 34 heavy (non-hydrogen) atoms. The number of anilines is 1. The second-order valence-electron chi connectivity index (χ2n) is 9.34. The van der Waals surface area contributed by atoms with Crippen LogP contribution in [0.3, 0.4) is 0 Å². The zero-order chi connectivity index (χ0) is 23.3. The van der Waals surface area contributed by atoms with Gasteiger partial charge in [0.1, 0.15) is 5.75 Å². The number of H-pyrrole nitrogens is 1. The van der Waals surface area contributed by atoms with E-state index in [0.717, 1.165) is 75.7 Å². The highest BCUT2D eigenvalue weighted by molar-refractivity contribution is 5.92. The maximum absolute atomic E-state index is 12.6. The fraction of sp³-hybridized carbons (Fsp3) is 0.444. The van der Waals surface area contributed by atoms with Gasteiger partial charge in [0.2, 0.25) is 5.91 Å². The van der Waals surface area contributed by atoms with Crippen molar-refractivity contribution in [3.05, 3.63) is 59.8 Å². The Morgan fingerprint density at radius 3 is 2.56 bits per heavy atom. The molecule has 2 aliphatic rings. The fourth-order valence-corrected chi connectivity index (χ4v) is 5.10. The molecule has 7 heteroatoms. The van der Waals surface area contributed by atoms with Crippen molar-refractivity contribution in [3.8, 4) is 5.75 Å². The van der Waals surface area contributed by atoms with Crippen LogP contribution in [0.1, 0.15) is 29.9 Å². The van der Waals surface area contributed by atoms with Crippen LogP contribution in [0.15, 0.2) is 48.7 Å². The lowest BCUT2D eigenvalue weighted by Crippen LogP contribution is -2.38. The summed E-state index contributed by atoms with van der Waals surface area (Å²) in [5.41, 5.74) is 4.62. The van der Waals surface area contributed by atoms with Gasteiger partial charge in [0, 0.05) is 42.4 Å². The first-order valence-corrected chi connectivity index (χ1v) is 12.2.